The molecule has 3 nitrogen and oxygen atoms in total. The molecule has 1 aliphatic carbocycles. The molecule has 0 atom stereocenters. The second kappa shape index (κ2) is 6.34. The Bertz CT molecular complexity index is 659. The molecule has 0 bridgehead atoms. The third-order valence-corrected chi connectivity index (χ3v) is 4.25. The second-order valence-electron chi connectivity index (χ2n) is 5.28. The standard InChI is InChI=1S/C16H16BrClN2O/c1-10-6-12(17)2-5-15(10)21-16-7-11(14(18)9-20-16)8-19-13-3-4-13/h2,5-7,9,13,19H,3-4,8H2,1H3. The molecule has 5 heteroatoms. The van der Waals surface area contributed by atoms with E-state index in [9.17, 15) is 0 Å². The minimum absolute atomic E-state index is 0.567. The fourth-order valence-corrected chi connectivity index (χ4v) is 2.68. The largest absolute Gasteiger partial charge is 0.439 e. The predicted octanol–water partition coefficient (Wildman–Crippen LogP) is 4.85. The number of halogens is 2. The average Bonchev–Trinajstić information content (AvgIpc) is 3.26. The molecule has 0 aliphatic heterocycles. The van der Waals surface area contributed by atoms with E-state index in [1.54, 1.807) is 6.20 Å². The SMILES string of the molecule is Cc1cc(Br)ccc1Oc1cc(CNC2CC2)c(Cl)cn1. The number of benzene rings is 1. The smallest absolute Gasteiger partial charge is 0.219 e. The second-order valence-corrected chi connectivity index (χ2v) is 6.60. The average molecular weight is 368 g/mol. The Morgan fingerprint density at radius 1 is 1.38 bits per heavy atom. The zero-order valence-corrected chi connectivity index (χ0v) is 14.0. The molecule has 3 rings (SSSR count). The first-order valence-electron chi connectivity index (χ1n) is 6.93. The number of ether oxygens (including phenoxy) is 1. The topological polar surface area (TPSA) is 34.1 Å². The Hall–Kier alpha value is -1.10. The maximum atomic E-state index is 6.19. The van der Waals surface area contributed by atoms with Gasteiger partial charge in [-0.3, -0.25) is 0 Å². The van der Waals surface area contributed by atoms with E-state index in [4.69, 9.17) is 16.3 Å². The molecular formula is C16H16BrClN2O. The van der Waals surface area contributed by atoms with Crippen molar-refractivity contribution in [1.82, 2.24) is 10.3 Å². The van der Waals surface area contributed by atoms with Gasteiger partial charge < -0.3 is 10.1 Å². The summed E-state index contributed by atoms with van der Waals surface area (Å²) in [5.41, 5.74) is 2.07. The summed E-state index contributed by atoms with van der Waals surface area (Å²) in [7, 11) is 0. The van der Waals surface area contributed by atoms with Gasteiger partial charge in [0.05, 0.1) is 5.02 Å². The van der Waals surface area contributed by atoms with Crippen LogP contribution in [-0.4, -0.2) is 11.0 Å². The van der Waals surface area contributed by atoms with Gasteiger partial charge >= 0.3 is 0 Å². The van der Waals surface area contributed by atoms with Gasteiger partial charge in [0.2, 0.25) is 5.88 Å². The number of nitrogens with zero attached hydrogens (tertiary/aromatic N) is 1. The van der Waals surface area contributed by atoms with Gasteiger partial charge in [-0.15, -0.1) is 0 Å². The van der Waals surface area contributed by atoms with Crippen LogP contribution in [0.1, 0.15) is 24.0 Å². The highest BCUT2D eigenvalue weighted by molar-refractivity contribution is 9.10. The van der Waals surface area contributed by atoms with Crippen LogP contribution in [0.25, 0.3) is 0 Å². The minimum Gasteiger partial charge on any atom is -0.439 e. The van der Waals surface area contributed by atoms with Crippen LogP contribution in [0.5, 0.6) is 11.6 Å². The first kappa shape index (κ1) is 14.8. The summed E-state index contributed by atoms with van der Waals surface area (Å²) in [5.74, 6) is 1.37. The van der Waals surface area contributed by atoms with Gasteiger partial charge in [0.1, 0.15) is 5.75 Å². The molecule has 0 unspecified atom stereocenters. The Labute approximate surface area is 137 Å². The molecule has 0 saturated heterocycles. The molecule has 1 aromatic carbocycles. The Balaban J connectivity index is 1.76. The molecule has 1 aliphatic rings. The molecule has 0 radical (unpaired) electrons. The van der Waals surface area contributed by atoms with Crippen LogP contribution in [0.3, 0.4) is 0 Å². The lowest BCUT2D eigenvalue weighted by Crippen LogP contribution is -2.15. The van der Waals surface area contributed by atoms with Crippen molar-refractivity contribution < 1.29 is 4.74 Å². The lowest BCUT2D eigenvalue weighted by molar-refractivity contribution is 0.458. The first-order chi connectivity index (χ1) is 10.1. The molecule has 1 aromatic heterocycles. The maximum absolute atomic E-state index is 6.19. The Morgan fingerprint density at radius 2 is 2.19 bits per heavy atom. The molecule has 1 saturated carbocycles. The number of pyridine rings is 1. The normalized spacial score (nSPS) is 14.2. The summed E-state index contributed by atoms with van der Waals surface area (Å²) in [6.07, 6.45) is 4.16. The number of rotatable bonds is 5. The van der Waals surface area contributed by atoms with Crippen LogP contribution in [0.15, 0.2) is 34.9 Å². The monoisotopic (exact) mass is 366 g/mol. The van der Waals surface area contributed by atoms with Gasteiger partial charge in [0.15, 0.2) is 0 Å². The summed E-state index contributed by atoms with van der Waals surface area (Å²) in [6.45, 7) is 2.76. The van der Waals surface area contributed by atoms with E-state index in [0.29, 0.717) is 16.9 Å². The van der Waals surface area contributed by atoms with Gasteiger partial charge in [-0.2, -0.15) is 0 Å². The third-order valence-electron chi connectivity index (χ3n) is 3.42. The van der Waals surface area contributed by atoms with Gasteiger partial charge in [-0.25, -0.2) is 4.98 Å². The highest BCUT2D eigenvalue weighted by Gasteiger charge is 2.20. The maximum Gasteiger partial charge on any atom is 0.219 e. The molecular weight excluding hydrogens is 352 g/mol. The van der Waals surface area contributed by atoms with Gasteiger partial charge in [-0.05, 0) is 49.1 Å². The van der Waals surface area contributed by atoms with Crippen molar-refractivity contribution in [3.63, 3.8) is 0 Å². The van der Waals surface area contributed by atoms with E-state index >= 15 is 0 Å². The minimum atomic E-state index is 0.567. The Morgan fingerprint density at radius 3 is 2.90 bits per heavy atom. The van der Waals surface area contributed by atoms with E-state index in [0.717, 1.165) is 27.9 Å². The zero-order chi connectivity index (χ0) is 14.8. The molecule has 110 valence electrons. The predicted molar refractivity (Wildman–Crippen MR) is 88.1 cm³/mol. The molecule has 21 heavy (non-hydrogen) atoms. The summed E-state index contributed by atoms with van der Waals surface area (Å²) < 4.78 is 6.90. The van der Waals surface area contributed by atoms with E-state index < -0.39 is 0 Å². The molecule has 0 amide bonds. The summed E-state index contributed by atoms with van der Waals surface area (Å²) in [4.78, 5) is 4.25. The van der Waals surface area contributed by atoms with Crippen LogP contribution < -0.4 is 10.1 Å². The summed E-state index contributed by atoms with van der Waals surface area (Å²) in [6, 6.07) is 8.44. The van der Waals surface area contributed by atoms with Crippen LogP contribution in [0.4, 0.5) is 0 Å². The van der Waals surface area contributed by atoms with Gasteiger partial charge in [0, 0.05) is 29.3 Å². The molecule has 1 N–H and O–H groups in total. The van der Waals surface area contributed by atoms with E-state index in [1.165, 1.54) is 12.8 Å². The highest BCUT2D eigenvalue weighted by Crippen LogP contribution is 2.28. The third kappa shape index (κ3) is 3.96. The molecule has 1 heterocycles. The molecule has 2 aromatic rings. The van der Waals surface area contributed by atoms with Crippen molar-refractivity contribution in [2.45, 2.75) is 32.4 Å². The number of aromatic nitrogens is 1. The van der Waals surface area contributed by atoms with Crippen molar-refractivity contribution in [2.24, 2.45) is 0 Å². The summed E-state index contributed by atoms with van der Waals surface area (Å²) in [5, 5.41) is 4.12. The van der Waals surface area contributed by atoms with E-state index in [2.05, 4.69) is 26.2 Å². The lowest BCUT2D eigenvalue weighted by atomic mass is 10.2. The number of hydrogen-bond acceptors (Lipinski definition) is 3. The fourth-order valence-electron chi connectivity index (χ4n) is 2.03. The highest BCUT2D eigenvalue weighted by atomic mass is 79.9. The van der Waals surface area contributed by atoms with Crippen LogP contribution in [-0.2, 0) is 6.54 Å². The fraction of sp³-hybridized carbons (Fsp3) is 0.312. The van der Waals surface area contributed by atoms with Crippen molar-refractivity contribution in [3.05, 3.63) is 51.1 Å². The Kier molecular flexibility index (Phi) is 4.48. The summed E-state index contributed by atoms with van der Waals surface area (Å²) >= 11 is 9.64. The first-order valence-corrected chi connectivity index (χ1v) is 8.11. The number of hydrogen-bond donors (Lipinski definition) is 1. The van der Waals surface area contributed by atoms with E-state index in [-0.39, 0.29) is 0 Å². The van der Waals surface area contributed by atoms with Crippen LogP contribution in [0.2, 0.25) is 5.02 Å². The lowest BCUT2D eigenvalue weighted by Gasteiger charge is -2.11. The van der Waals surface area contributed by atoms with Crippen LogP contribution in [0, 0.1) is 6.92 Å². The van der Waals surface area contributed by atoms with Crippen molar-refractivity contribution in [2.75, 3.05) is 0 Å². The van der Waals surface area contributed by atoms with Crippen molar-refractivity contribution in [3.8, 4) is 11.6 Å². The molecule has 1 fully saturated rings. The van der Waals surface area contributed by atoms with E-state index in [1.807, 2.05) is 31.2 Å². The van der Waals surface area contributed by atoms with Crippen molar-refractivity contribution in [1.29, 1.82) is 0 Å². The van der Waals surface area contributed by atoms with Crippen LogP contribution >= 0.6 is 27.5 Å². The quantitative estimate of drug-likeness (QED) is 0.820. The molecule has 0 spiro atoms. The number of nitrogens with one attached hydrogen (secondary N) is 1. The number of aryl methyl sites for hydroxylation is 1. The van der Waals surface area contributed by atoms with Gasteiger partial charge in [0.25, 0.3) is 0 Å². The zero-order valence-electron chi connectivity index (χ0n) is 11.7. The van der Waals surface area contributed by atoms with Crippen molar-refractivity contribution >= 4 is 27.5 Å². The van der Waals surface area contributed by atoms with Gasteiger partial charge in [-0.1, -0.05) is 27.5 Å².